The van der Waals surface area contributed by atoms with Crippen molar-refractivity contribution in [1.29, 1.82) is 0 Å². The van der Waals surface area contributed by atoms with E-state index >= 15 is 0 Å². The highest BCUT2D eigenvalue weighted by atomic mass is 19.4. The molecule has 0 saturated carbocycles. The zero-order valence-corrected chi connectivity index (χ0v) is 10.8. The van der Waals surface area contributed by atoms with Gasteiger partial charge in [-0.05, 0) is 31.3 Å². The van der Waals surface area contributed by atoms with Crippen LogP contribution in [0.4, 0.5) is 13.2 Å². The molecule has 1 atom stereocenters. The van der Waals surface area contributed by atoms with Gasteiger partial charge in [-0.1, -0.05) is 12.1 Å². The summed E-state index contributed by atoms with van der Waals surface area (Å²) in [6.45, 7) is 1.87. The Morgan fingerprint density at radius 3 is 2.32 bits per heavy atom. The molecule has 106 valence electrons. The predicted octanol–water partition coefficient (Wildman–Crippen LogP) is 2.92. The Balaban J connectivity index is 2.87. The maximum atomic E-state index is 12.4. The van der Waals surface area contributed by atoms with Gasteiger partial charge in [0.15, 0.2) is 0 Å². The summed E-state index contributed by atoms with van der Waals surface area (Å²) < 4.78 is 42.4. The van der Waals surface area contributed by atoms with Gasteiger partial charge in [-0.2, -0.15) is 13.2 Å². The molecule has 3 nitrogen and oxygen atoms in total. The van der Waals surface area contributed by atoms with Crippen LogP contribution in [0, 0.1) is 0 Å². The molecule has 1 aromatic carbocycles. The molecular weight excluding hydrogens is 259 g/mol. The van der Waals surface area contributed by atoms with Crippen LogP contribution in [0.3, 0.4) is 0 Å². The molecule has 1 aromatic rings. The molecule has 0 aliphatic heterocycles. The quantitative estimate of drug-likeness (QED) is 0.840. The van der Waals surface area contributed by atoms with E-state index in [1.54, 1.807) is 7.05 Å². The van der Waals surface area contributed by atoms with Crippen molar-refractivity contribution < 1.29 is 22.7 Å². The first-order valence-electron chi connectivity index (χ1n) is 5.83. The van der Waals surface area contributed by atoms with Crippen LogP contribution in [-0.2, 0) is 15.7 Å². The van der Waals surface area contributed by atoms with Gasteiger partial charge < -0.3 is 10.1 Å². The first-order chi connectivity index (χ1) is 8.84. The van der Waals surface area contributed by atoms with E-state index in [2.05, 4.69) is 5.32 Å². The number of hydrogen-bond acceptors (Lipinski definition) is 3. The van der Waals surface area contributed by atoms with Gasteiger partial charge >= 0.3 is 12.1 Å². The average Bonchev–Trinajstić information content (AvgIpc) is 2.33. The Kier molecular flexibility index (Phi) is 5.35. The van der Waals surface area contributed by atoms with Crippen molar-refractivity contribution >= 4 is 5.97 Å². The lowest BCUT2D eigenvalue weighted by Crippen LogP contribution is -2.16. The number of carbonyl (C=O) groups is 1. The van der Waals surface area contributed by atoms with Crippen molar-refractivity contribution in [2.75, 3.05) is 13.6 Å². The fraction of sp³-hybridized carbons (Fsp3) is 0.462. The van der Waals surface area contributed by atoms with E-state index in [9.17, 15) is 18.0 Å². The predicted molar refractivity (Wildman–Crippen MR) is 64.5 cm³/mol. The first kappa shape index (κ1) is 15.5. The second kappa shape index (κ2) is 6.56. The van der Waals surface area contributed by atoms with Gasteiger partial charge in [0, 0.05) is 13.3 Å². The molecule has 19 heavy (non-hydrogen) atoms. The molecule has 0 fully saturated rings. The van der Waals surface area contributed by atoms with Crippen molar-refractivity contribution in [1.82, 2.24) is 5.32 Å². The maximum Gasteiger partial charge on any atom is 0.416 e. The fourth-order valence-electron chi connectivity index (χ4n) is 1.66. The summed E-state index contributed by atoms with van der Waals surface area (Å²) in [5.41, 5.74) is -0.162. The Labute approximate surface area is 109 Å². The normalized spacial score (nSPS) is 13.1. The minimum atomic E-state index is -4.36. The minimum Gasteiger partial charge on any atom is -0.458 e. The lowest BCUT2D eigenvalue weighted by Gasteiger charge is -2.18. The third-order valence-corrected chi connectivity index (χ3v) is 2.57. The summed E-state index contributed by atoms with van der Waals surface area (Å²) in [6, 6.07) is 4.66. The van der Waals surface area contributed by atoms with Gasteiger partial charge in [0.1, 0.15) is 6.10 Å². The molecule has 0 heterocycles. The molecule has 0 aliphatic carbocycles. The number of esters is 1. The largest absolute Gasteiger partial charge is 0.458 e. The highest BCUT2D eigenvalue weighted by Crippen LogP contribution is 2.31. The Morgan fingerprint density at radius 1 is 1.32 bits per heavy atom. The van der Waals surface area contributed by atoms with Crippen molar-refractivity contribution in [2.24, 2.45) is 0 Å². The molecule has 1 N–H and O–H groups in total. The summed E-state index contributed by atoms with van der Waals surface area (Å²) in [4.78, 5) is 11.0. The van der Waals surface area contributed by atoms with E-state index in [4.69, 9.17) is 4.74 Å². The van der Waals surface area contributed by atoms with Crippen LogP contribution in [-0.4, -0.2) is 19.6 Å². The average molecular weight is 275 g/mol. The molecule has 0 amide bonds. The summed E-state index contributed by atoms with van der Waals surface area (Å²) in [5.74, 6) is -0.457. The molecule has 6 heteroatoms. The van der Waals surface area contributed by atoms with Crippen molar-refractivity contribution in [3.63, 3.8) is 0 Å². The monoisotopic (exact) mass is 275 g/mol. The topological polar surface area (TPSA) is 38.3 Å². The number of alkyl halides is 3. The third-order valence-electron chi connectivity index (χ3n) is 2.57. The number of carbonyl (C=O) groups excluding carboxylic acids is 1. The molecule has 0 aliphatic rings. The Hall–Kier alpha value is -1.56. The van der Waals surface area contributed by atoms with Crippen molar-refractivity contribution in [2.45, 2.75) is 25.6 Å². The maximum absolute atomic E-state index is 12.4. The van der Waals surface area contributed by atoms with Gasteiger partial charge in [-0.3, -0.25) is 4.79 Å². The van der Waals surface area contributed by atoms with Crippen LogP contribution in [0.15, 0.2) is 24.3 Å². The van der Waals surface area contributed by atoms with E-state index in [1.165, 1.54) is 19.1 Å². The smallest absolute Gasteiger partial charge is 0.416 e. The van der Waals surface area contributed by atoms with Gasteiger partial charge in [0.25, 0.3) is 0 Å². The van der Waals surface area contributed by atoms with Crippen molar-refractivity contribution in [3.05, 3.63) is 35.4 Å². The second-order valence-corrected chi connectivity index (χ2v) is 4.11. The zero-order chi connectivity index (χ0) is 14.5. The van der Waals surface area contributed by atoms with Crippen LogP contribution in [0.2, 0.25) is 0 Å². The van der Waals surface area contributed by atoms with Crippen molar-refractivity contribution in [3.8, 4) is 0 Å². The second-order valence-electron chi connectivity index (χ2n) is 4.11. The molecule has 0 radical (unpaired) electrons. The minimum absolute atomic E-state index is 0.457. The van der Waals surface area contributed by atoms with E-state index in [-0.39, 0.29) is 0 Å². The zero-order valence-electron chi connectivity index (χ0n) is 10.8. The van der Waals surface area contributed by atoms with Gasteiger partial charge in [-0.15, -0.1) is 0 Å². The molecule has 0 spiro atoms. The summed E-state index contributed by atoms with van der Waals surface area (Å²) >= 11 is 0. The highest BCUT2D eigenvalue weighted by molar-refractivity contribution is 5.66. The van der Waals surface area contributed by atoms with Crippen LogP contribution >= 0.6 is 0 Å². The fourth-order valence-corrected chi connectivity index (χ4v) is 1.66. The summed E-state index contributed by atoms with van der Waals surface area (Å²) in [7, 11) is 1.75. The number of benzene rings is 1. The first-order valence-corrected chi connectivity index (χ1v) is 5.83. The Bertz CT molecular complexity index is 415. The lowest BCUT2D eigenvalue weighted by atomic mass is 10.0. The Morgan fingerprint density at radius 2 is 1.89 bits per heavy atom. The molecule has 0 saturated heterocycles. The number of hydrogen-bond donors (Lipinski definition) is 1. The molecule has 0 aromatic heterocycles. The van der Waals surface area contributed by atoms with Crippen LogP contribution in [0.1, 0.15) is 30.6 Å². The van der Waals surface area contributed by atoms with E-state index in [0.29, 0.717) is 18.5 Å². The molecule has 1 unspecified atom stereocenters. The van der Waals surface area contributed by atoms with E-state index in [1.807, 2.05) is 0 Å². The van der Waals surface area contributed by atoms with Gasteiger partial charge in [0.2, 0.25) is 0 Å². The number of rotatable bonds is 5. The molecule has 1 rings (SSSR count). The van der Waals surface area contributed by atoms with E-state index in [0.717, 1.165) is 12.1 Å². The summed E-state index contributed by atoms with van der Waals surface area (Å²) in [6.07, 6.45) is -4.39. The van der Waals surface area contributed by atoms with E-state index < -0.39 is 23.8 Å². The van der Waals surface area contributed by atoms with Crippen LogP contribution in [0.5, 0.6) is 0 Å². The number of ether oxygens (including phenoxy) is 1. The van der Waals surface area contributed by atoms with Gasteiger partial charge in [0.05, 0.1) is 5.56 Å². The number of halogens is 3. The van der Waals surface area contributed by atoms with Crippen LogP contribution < -0.4 is 5.32 Å². The third kappa shape index (κ3) is 4.90. The number of nitrogens with one attached hydrogen (secondary N) is 1. The van der Waals surface area contributed by atoms with Crippen LogP contribution in [0.25, 0.3) is 0 Å². The van der Waals surface area contributed by atoms with Gasteiger partial charge in [-0.25, -0.2) is 0 Å². The highest BCUT2D eigenvalue weighted by Gasteiger charge is 2.30. The molecular formula is C13H16F3NO2. The lowest BCUT2D eigenvalue weighted by molar-refractivity contribution is -0.147. The SMILES string of the molecule is CNCCC(OC(C)=O)c1ccc(C(F)(F)F)cc1. The standard InChI is InChI=1S/C13H16F3NO2/c1-9(18)19-12(7-8-17-2)10-3-5-11(6-4-10)13(14,15)16/h3-6,12,17H,7-8H2,1-2H3. The molecule has 0 bridgehead atoms. The summed E-state index contributed by atoms with van der Waals surface area (Å²) in [5, 5.41) is 2.91.